The predicted molar refractivity (Wildman–Crippen MR) is 118 cm³/mol. The average molecular weight is 454 g/mol. The Morgan fingerprint density at radius 1 is 1.06 bits per heavy atom. The van der Waals surface area contributed by atoms with Crippen molar-refractivity contribution in [1.82, 2.24) is 9.38 Å². The molecule has 0 saturated carbocycles. The van der Waals surface area contributed by atoms with Crippen molar-refractivity contribution >= 4 is 28.8 Å². The van der Waals surface area contributed by atoms with Crippen molar-refractivity contribution < 1.29 is 18.7 Å². The van der Waals surface area contributed by atoms with Crippen molar-refractivity contribution in [2.75, 3.05) is 11.9 Å². The highest BCUT2D eigenvalue weighted by Crippen LogP contribution is 2.18. The van der Waals surface area contributed by atoms with Crippen LogP contribution in [-0.2, 0) is 11.4 Å². The standard InChI is InChI=1S/C23H17ClFN3O4/c24-15-5-10-21-26-17(11-23(30)28(21)12-15)13-31-18-8-6-16(7-9-18)27-22(29)14-32-20-4-2-1-3-19(20)25/h1-12H,13-14H2,(H,27,29). The number of ether oxygens (including phenoxy) is 2. The first-order chi connectivity index (χ1) is 15.5. The van der Waals surface area contributed by atoms with Crippen molar-refractivity contribution in [2.45, 2.75) is 6.61 Å². The highest BCUT2D eigenvalue weighted by Gasteiger charge is 2.08. The maximum absolute atomic E-state index is 13.5. The summed E-state index contributed by atoms with van der Waals surface area (Å²) in [5.41, 5.74) is 1.21. The lowest BCUT2D eigenvalue weighted by atomic mass is 10.3. The van der Waals surface area contributed by atoms with Gasteiger partial charge in [0.2, 0.25) is 0 Å². The quantitative estimate of drug-likeness (QED) is 0.456. The van der Waals surface area contributed by atoms with Gasteiger partial charge < -0.3 is 14.8 Å². The lowest BCUT2D eigenvalue weighted by Gasteiger charge is -2.10. The van der Waals surface area contributed by atoms with E-state index in [1.165, 1.54) is 34.9 Å². The van der Waals surface area contributed by atoms with Gasteiger partial charge in [0.1, 0.15) is 18.0 Å². The number of aromatic nitrogens is 2. The van der Waals surface area contributed by atoms with E-state index in [2.05, 4.69) is 10.3 Å². The van der Waals surface area contributed by atoms with Gasteiger partial charge in [-0.05, 0) is 48.5 Å². The van der Waals surface area contributed by atoms with Crippen LogP contribution in [-0.4, -0.2) is 21.9 Å². The van der Waals surface area contributed by atoms with E-state index in [4.69, 9.17) is 21.1 Å². The molecule has 2 aromatic heterocycles. The van der Waals surface area contributed by atoms with Gasteiger partial charge in [-0.25, -0.2) is 9.37 Å². The van der Waals surface area contributed by atoms with E-state index < -0.39 is 11.7 Å². The number of fused-ring (bicyclic) bond motifs is 1. The van der Waals surface area contributed by atoms with Crippen LogP contribution in [0.1, 0.15) is 5.69 Å². The van der Waals surface area contributed by atoms with E-state index in [-0.39, 0.29) is 24.5 Å². The van der Waals surface area contributed by atoms with Crippen molar-refractivity contribution in [1.29, 1.82) is 0 Å². The van der Waals surface area contributed by atoms with Gasteiger partial charge in [0, 0.05) is 18.0 Å². The van der Waals surface area contributed by atoms with E-state index in [1.54, 1.807) is 42.5 Å². The van der Waals surface area contributed by atoms with Crippen molar-refractivity contribution in [3.05, 3.63) is 99.8 Å². The number of hydrogen-bond acceptors (Lipinski definition) is 5. The fourth-order valence-electron chi connectivity index (χ4n) is 2.89. The largest absolute Gasteiger partial charge is 0.487 e. The molecule has 4 rings (SSSR count). The Morgan fingerprint density at radius 2 is 1.84 bits per heavy atom. The first kappa shape index (κ1) is 21.3. The first-order valence-corrected chi connectivity index (χ1v) is 9.93. The van der Waals surface area contributed by atoms with Crippen LogP contribution in [0.15, 0.2) is 77.7 Å². The molecule has 9 heteroatoms. The molecule has 0 radical (unpaired) electrons. The number of nitrogens with one attached hydrogen (secondary N) is 1. The normalized spacial score (nSPS) is 10.7. The van der Waals surface area contributed by atoms with E-state index in [9.17, 15) is 14.0 Å². The minimum atomic E-state index is -0.533. The molecule has 1 N–H and O–H groups in total. The fraction of sp³-hybridized carbons (Fsp3) is 0.0870. The molecule has 0 aliphatic carbocycles. The van der Waals surface area contributed by atoms with Crippen LogP contribution < -0.4 is 20.3 Å². The molecule has 0 bridgehead atoms. The Bertz CT molecular complexity index is 1330. The Morgan fingerprint density at radius 3 is 2.62 bits per heavy atom. The first-order valence-electron chi connectivity index (χ1n) is 9.56. The van der Waals surface area contributed by atoms with Gasteiger partial charge in [0.15, 0.2) is 18.2 Å². The minimum absolute atomic E-state index is 0.0106. The predicted octanol–water partition coefficient (Wildman–Crippen LogP) is 4.08. The van der Waals surface area contributed by atoms with E-state index in [1.807, 2.05) is 0 Å². The molecule has 0 saturated heterocycles. The maximum Gasteiger partial charge on any atom is 0.262 e. The molecule has 2 aromatic carbocycles. The number of benzene rings is 2. The fourth-order valence-corrected chi connectivity index (χ4v) is 3.05. The molecule has 0 spiro atoms. The van der Waals surface area contributed by atoms with Gasteiger partial charge in [0.05, 0.1) is 10.7 Å². The van der Waals surface area contributed by atoms with E-state index >= 15 is 0 Å². The highest BCUT2D eigenvalue weighted by atomic mass is 35.5. The number of para-hydroxylation sites is 1. The Balaban J connectivity index is 1.32. The summed E-state index contributed by atoms with van der Waals surface area (Å²) in [5, 5.41) is 3.10. The summed E-state index contributed by atoms with van der Waals surface area (Å²) in [7, 11) is 0. The second-order valence-electron chi connectivity index (χ2n) is 6.74. The van der Waals surface area contributed by atoms with Crippen LogP contribution in [0.25, 0.3) is 5.65 Å². The topological polar surface area (TPSA) is 81.9 Å². The van der Waals surface area contributed by atoms with Crippen LogP contribution in [0.3, 0.4) is 0 Å². The van der Waals surface area contributed by atoms with E-state index in [0.717, 1.165) is 0 Å². The van der Waals surface area contributed by atoms with Crippen LogP contribution in [0.4, 0.5) is 10.1 Å². The summed E-state index contributed by atoms with van der Waals surface area (Å²) in [6.45, 7) is -0.232. The van der Waals surface area contributed by atoms with Gasteiger partial charge in [0.25, 0.3) is 11.5 Å². The van der Waals surface area contributed by atoms with Crippen molar-refractivity contribution in [3.63, 3.8) is 0 Å². The lowest BCUT2D eigenvalue weighted by Crippen LogP contribution is -2.20. The molecule has 1 amide bonds. The van der Waals surface area contributed by atoms with Gasteiger partial charge in [-0.3, -0.25) is 14.0 Å². The van der Waals surface area contributed by atoms with Crippen LogP contribution >= 0.6 is 11.6 Å². The Labute approximate surface area is 187 Å². The molecule has 0 aliphatic rings. The van der Waals surface area contributed by atoms with Crippen LogP contribution in [0, 0.1) is 5.82 Å². The molecule has 0 atom stereocenters. The van der Waals surface area contributed by atoms with Crippen molar-refractivity contribution in [3.8, 4) is 11.5 Å². The number of rotatable bonds is 7. The zero-order valence-corrected chi connectivity index (χ0v) is 17.4. The van der Waals surface area contributed by atoms with Crippen molar-refractivity contribution in [2.24, 2.45) is 0 Å². The minimum Gasteiger partial charge on any atom is -0.487 e. The zero-order valence-electron chi connectivity index (χ0n) is 16.6. The number of amides is 1. The Kier molecular flexibility index (Phi) is 6.32. The number of carbonyl (C=O) groups is 1. The summed E-state index contributed by atoms with van der Waals surface area (Å²) in [6, 6.07) is 17.2. The zero-order chi connectivity index (χ0) is 22.5. The summed E-state index contributed by atoms with van der Waals surface area (Å²) in [6.07, 6.45) is 1.51. The van der Waals surface area contributed by atoms with Crippen LogP contribution in [0.2, 0.25) is 5.02 Å². The number of nitrogens with zero attached hydrogens (tertiary/aromatic N) is 2. The molecule has 4 aromatic rings. The molecular weight excluding hydrogens is 437 g/mol. The van der Waals surface area contributed by atoms with Gasteiger partial charge in [-0.2, -0.15) is 0 Å². The number of pyridine rings is 1. The van der Waals surface area contributed by atoms with Gasteiger partial charge in [-0.1, -0.05) is 23.7 Å². The SMILES string of the molecule is O=C(COc1ccccc1F)Nc1ccc(OCc2cc(=O)n3cc(Cl)ccc3n2)cc1. The summed E-state index contributed by atoms with van der Waals surface area (Å²) >= 11 is 5.91. The molecule has 0 fully saturated rings. The summed E-state index contributed by atoms with van der Waals surface area (Å²) < 4.78 is 25.7. The monoisotopic (exact) mass is 453 g/mol. The third kappa shape index (κ3) is 5.22. The molecule has 2 heterocycles. The van der Waals surface area contributed by atoms with Crippen LogP contribution in [0.5, 0.6) is 11.5 Å². The molecule has 0 aliphatic heterocycles. The summed E-state index contributed by atoms with van der Waals surface area (Å²) in [5.74, 6) is -0.419. The molecule has 0 unspecified atom stereocenters. The summed E-state index contributed by atoms with van der Waals surface area (Å²) in [4.78, 5) is 28.6. The number of anilines is 1. The number of hydrogen-bond donors (Lipinski definition) is 1. The highest BCUT2D eigenvalue weighted by molar-refractivity contribution is 6.30. The maximum atomic E-state index is 13.5. The molecule has 32 heavy (non-hydrogen) atoms. The molecule has 162 valence electrons. The smallest absolute Gasteiger partial charge is 0.262 e. The average Bonchev–Trinajstić information content (AvgIpc) is 2.78. The molecular formula is C23H17ClFN3O4. The second-order valence-corrected chi connectivity index (χ2v) is 7.18. The second kappa shape index (κ2) is 9.49. The van der Waals surface area contributed by atoms with Gasteiger partial charge >= 0.3 is 0 Å². The number of halogens is 2. The molecule has 7 nitrogen and oxygen atoms in total. The Hall–Kier alpha value is -3.91. The number of carbonyl (C=O) groups excluding carboxylic acids is 1. The lowest BCUT2D eigenvalue weighted by molar-refractivity contribution is -0.118. The third-order valence-corrected chi connectivity index (χ3v) is 4.62. The van der Waals surface area contributed by atoms with Gasteiger partial charge in [-0.15, -0.1) is 0 Å². The van der Waals surface area contributed by atoms with E-state index in [0.29, 0.717) is 27.8 Å². The third-order valence-electron chi connectivity index (χ3n) is 4.40.